The molecule has 0 aliphatic heterocycles. The van der Waals surface area contributed by atoms with Crippen LogP contribution in [0.4, 0.5) is 17.1 Å². The standard InChI is InChI=1S/C49H30N2O2S/c1-3-10-31(11-4-1)32-18-23-36(24-19-32)51(41-15-9-17-45-46(41)38-14-7-8-16-44(38)54-45)37-25-20-33(21-26-37)35-22-28-42-39(30-35)47-43(52-42)29-27-40-48(47)53-49(50-40)34-12-5-2-6-13-34/h1-30H. The van der Waals surface area contributed by atoms with Gasteiger partial charge in [-0.2, -0.15) is 0 Å². The fourth-order valence-corrected chi connectivity index (χ4v) is 8.86. The number of fused-ring (bicyclic) bond motifs is 8. The summed E-state index contributed by atoms with van der Waals surface area (Å²) in [6.07, 6.45) is 0. The van der Waals surface area contributed by atoms with Crippen LogP contribution in [-0.4, -0.2) is 4.98 Å². The molecule has 0 bridgehead atoms. The van der Waals surface area contributed by atoms with Crippen molar-refractivity contribution in [3.05, 3.63) is 182 Å². The van der Waals surface area contributed by atoms with E-state index in [1.165, 1.54) is 31.3 Å². The summed E-state index contributed by atoms with van der Waals surface area (Å²) in [4.78, 5) is 7.20. The molecule has 0 aliphatic rings. The lowest BCUT2D eigenvalue weighted by atomic mass is 10.0. The van der Waals surface area contributed by atoms with Gasteiger partial charge in [0.2, 0.25) is 5.89 Å². The first kappa shape index (κ1) is 30.7. The predicted octanol–water partition coefficient (Wildman–Crippen LogP) is 14.6. The van der Waals surface area contributed by atoms with Crippen molar-refractivity contribution in [3.8, 4) is 33.7 Å². The van der Waals surface area contributed by atoms with E-state index in [0.29, 0.717) is 5.89 Å². The van der Waals surface area contributed by atoms with Gasteiger partial charge in [0.05, 0.1) is 11.1 Å². The molecule has 4 nitrogen and oxygen atoms in total. The average molecular weight is 711 g/mol. The molecule has 11 aromatic rings. The van der Waals surface area contributed by atoms with Crippen LogP contribution in [0.3, 0.4) is 0 Å². The first-order chi connectivity index (χ1) is 26.7. The molecular formula is C49H30N2O2S. The van der Waals surface area contributed by atoms with E-state index in [0.717, 1.165) is 66.8 Å². The Labute approximate surface area is 314 Å². The van der Waals surface area contributed by atoms with Crippen LogP contribution >= 0.6 is 11.3 Å². The molecule has 0 radical (unpaired) electrons. The zero-order valence-corrected chi connectivity index (χ0v) is 29.8. The number of furan rings is 1. The summed E-state index contributed by atoms with van der Waals surface area (Å²) in [5, 5.41) is 4.48. The molecule has 3 heterocycles. The van der Waals surface area contributed by atoms with Gasteiger partial charge >= 0.3 is 0 Å². The minimum absolute atomic E-state index is 0.601. The lowest BCUT2D eigenvalue weighted by molar-refractivity contribution is 0.622. The summed E-state index contributed by atoms with van der Waals surface area (Å²) in [6.45, 7) is 0. The fourth-order valence-electron chi connectivity index (χ4n) is 7.74. The van der Waals surface area contributed by atoms with Crippen LogP contribution in [0.25, 0.3) is 86.9 Å². The van der Waals surface area contributed by atoms with E-state index in [1.54, 1.807) is 0 Å². The Morgan fingerprint density at radius 3 is 1.80 bits per heavy atom. The van der Waals surface area contributed by atoms with Crippen LogP contribution in [0, 0.1) is 0 Å². The van der Waals surface area contributed by atoms with Gasteiger partial charge in [-0.3, -0.25) is 0 Å². The van der Waals surface area contributed by atoms with Crippen LogP contribution in [0.5, 0.6) is 0 Å². The number of nitrogens with zero attached hydrogens (tertiary/aromatic N) is 2. The molecule has 0 saturated heterocycles. The zero-order valence-electron chi connectivity index (χ0n) is 28.9. The molecule has 0 N–H and O–H groups in total. The second-order valence-corrected chi connectivity index (χ2v) is 14.6. The summed E-state index contributed by atoms with van der Waals surface area (Å²) in [5.74, 6) is 0.601. The van der Waals surface area contributed by atoms with Crippen LogP contribution in [0.1, 0.15) is 0 Å². The SMILES string of the molecule is c1ccc(-c2ccc(N(c3ccc(-c4ccc5oc6ccc7nc(-c8ccccc8)oc7c6c5c4)cc3)c3cccc4sc5ccccc5c34)cc2)cc1. The van der Waals surface area contributed by atoms with Gasteiger partial charge in [0.1, 0.15) is 16.7 Å². The number of hydrogen-bond donors (Lipinski definition) is 0. The molecule has 0 spiro atoms. The van der Waals surface area contributed by atoms with E-state index < -0.39 is 0 Å². The Kier molecular flexibility index (Phi) is 7.00. The summed E-state index contributed by atoms with van der Waals surface area (Å²) in [6, 6.07) is 64.0. The number of anilines is 3. The molecule has 54 heavy (non-hydrogen) atoms. The summed E-state index contributed by atoms with van der Waals surface area (Å²) < 4.78 is 15.3. The number of rotatable bonds is 6. The normalized spacial score (nSPS) is 11.7. The maximum absolute atomic E-state index is 6.41. The van der Waals surface area contributed by atoms with Gasteiger partial charge in [-0.15, -0.1) is 11.3 Å². The van der Waals surface area contributed by atoms with Gasteiger partial charge in [-0.1, -0.05) is 103 Å². The van der Waals surface area contributed by atoms with E-state index in [9.17, 15) is 0 Å². The van der Waals surface area contributed by atoms with Crippen molar-refractivity contribution in [2.24, 2.45) is 0 Å². The van der Waals surface area contributed by atoms with Crippen LogP contribution in [0.15, 0.2) is 191 Å². The molecule has 0 atom stereocenters. The molecule has 254 valence electrons. The lowest BCUT2D eigenvalue weighted by Gasteiger charge is -2.27. The van der Waals surface area contributed by atoms with E-state index in [2.05, 4.69) is 144 Å². The first-order valence-corrected chi connectivity index (χ1v) is 18.8. The number of benzene rings is 8. The van der Waals surface area contributed by atoms with Crippen LogP contribution < -0.4 is 4.90 Å². The minimum atomic E-state index is 0.601. The molecule has 0 saturated carbocycles. The highest BCUT2D eigenvalue weighted by Crippen LogP contribution is 2.45. The van der Waals surface area contributed by atoms with Gasteiger partial charge < -0.3 is 13.7 Å². The Hall–Kier alpha value is -6.95. The van der Waals surface area contributed by atoms with Gasteiger partial charge in [0.15, 0.2) is 5.58 Å². The van der Waals surface area contributed by atoms with Crippen molar-refractivity contribution in [2.75, 3.05) is 4.90 Å². The van der Waals surface area contributed by atoms with Crippen LogP contribution in [-0.2, 0) is 0 Å². The van der Waals surface area contributed by atoms with Crippen molar-refractivity contribution in [1.82, 2.24) is 4.98 Å². The topological polar surface area (TPSA) is 42.4 Å². The van der Waals surface area contributed by atoms with E-state index in [4.69, 9.17) is 13.8 Å². The second-order valence-electron chi connectivity index (χ2n) is 13.5. The highest BCUT2D eigenvalue weighted by molar-refractivity contribution is 7.26. The molecule has 3 aromatic heterocycles. The predicted molar refractivity (Wildman–Crippen MR) is 225 cm³/mol. The zero-order chi connectivity index (χ0) is 35.6. The lowest BCUT2D eigenvalue weighted by Crippen LogP contribution is -2.10. The maximum Gasteiger partial charge on any atom is 0.227 e. The van der Waals surface area contributed by atoms with Crippen molar-refractivity contribution in [1.29, 1.82) is 0 Å². The third-order valence-corrected chi connectivity index (χ3v) is 11.5. The quantitative estimate of drug-likeness (QED) is 0.172. The monoisotopic (exact) mass is 710 g/mol. The molecule has 0 amide bonds. The van der Waals surface area contributed by atoms with E-state index in [1.807, 2.05) is 53.8 Å². The van der Waals surface area contributed by atoms with Crippen molar-refractivity contribution in [2.45, 2.75) is 0 Å². The smallest absolute Gasteiger partial charge is 0.227 e. The number of oxazole rings is 1. The first-order valence-electron chi connectivity index (χ1n) is 18.0. The van der Waals surface area contributed by atoms with E-state index >= 15 is 0 Å². The molecule has 5 heteroatoms. The Morgan fingerprint density at radius 2 is 1.04 bits per heavy atom. The fraction of sp³-hybridized carbons (Fsp3) is 0. The Bertz CT molecular complexity index is 3140. The highest BCUT2D eigenvalue weighted by Gasteiger charge is 2.20. The second kappa shape index (κ2) is 12.3. The summed E-state index contributed by atoms with van der Waals surface area (Å²) >= 11 is 1.84. The number of aromatic nitrogens is 1. The third-order valence-electron chi connectivity index (χ3n) is 10.3. The maximum atomic E-state index is 6.41. The largest absolute Gasteiger partial charge is 0.456 e. The third kappa shape index (κ3) is 5.01. The van der Waals surface area contributed by atoms with Gasteiger partial charge in [0, 0.05) is 42.5 Å². The molecule has 8 aromatic carbocycles. The Morgan fingerprint density at radius 1 is 0.426 bits per heavy atom. The molecular weight excluding hydrogens is 681 g/mol. The Balaban J connectivity index is 1.03. The van der Waals surface area contributed by atoms with Crippen molar-refractivity contribution >= 4 is 81.6 Å². The highest BCUT2D eigenvalue weighted by atomic mass is 32.1. The van der Waals surface area contributed by atoms with Crippen molar-refractivity contribution < 1.29 is 8.83 Å². The summed E-state index contributed by atoms with van der Waals surface area (Å²) in [7, 11) is 0. The molecule has 0 aliphatic carbocycles. The van der Waals surface area contributed by atoms with Crippen LogP contribution in [0.2, 0.25) is 0 Å². The number of thiophene rings is 1. The molecule has 0 unspecified atom stereocenters. The van der Waals surface area contributed by atoms with Gasteiger partial charge in [0.25, 0.3) is 0 Å². The van der Waals surface area contributed by atoms with Gasteiger partial charge in [-0.05, 0) is 101 Å². The van der Waals surface area contributed by atoms with E-state index in [-0.39, 0.29) is 0 Å². The molecule has 11 rings (SSSR count). The van der Waals surface area contributed by atoms with Gasteiger partial charge in [-0.25, -0.2) is 4.98 Å². The summed E-state index contributed by atoms with van der Waals surface area (Å²) in [5.41, 5.74) is 12.0. The van der Waals surface area contributed by atoms with Crippen molar-refractivity contribution in [3.63, 3.8) is 0 Å². The minimum Gasteiger partial charge on any atom is -0.456 e. The average Bonchev–Trinajstić information content (AvgIpc) is 3.95. The number of hydrogen-bond acceptors (Lipinski definition) is 5. The molecule has 0 fully saturated rings.